The molecule has 1 aliphatic rings. The normalized spacial score (nSPS) is 20.6. The summed E-state index contributed by atoms with van der Waals surface area (Å²) in [5.41, 5.74) is 0. The molecule has 1 unspecified atom stereocenters. The summed E-state index contributed by atoms with van der Waals surface area (Å²) in [6, 6.07) is 0. The summed E-state index contributed by atoms with van der Waals surface area (Å²) in [5.74, 6) is 1.47. The van der Waals surface area contributed by atoms with E-state index in [4.69, 9.17) is 9.47 Å². The zero-order valence-corrected chi connectivity index (χ0v) is 11.0. The molecule has 0 aromatic heterocycles. The molecule has 1 fully saturated rings. The molecule has 0 amide bonds. The molecule has 17 heavy (non-hydrogen) atoms. The molecular weight excluding hydrogens is 218 g/mol. The van der Waals surface area contributed by atoms with E-state index in [1.54, 1.807) is 7.05 Å². The Bertz CT molecular complexity index is 216. The van der Waals surface area contributed by atoms with Crippen LogP contribution in [0.15, 0.2) is 4.99 Å². The number of ether oxygens (including phenoxy) is 2. The van der Waals surface area contributed by atoms with Crippen molar-refractivity contribution in [3.05, 3.63) is 0 Å². The van der Waals surface area contributed by atoms with Crippen molar-refractivity contribution in [2.24, 2.45) is 10.9 Å². The number of guanidine groups is 1. The van der Waals surface area contributed by atoms with Crippen molar-refractivity contribution in [3.63, 3.8) is 0 Å². The summed E-state index contributed by atoms with van der Waals surface area (Å²) in [4.78, 5) is 4.10. The van der Waals surface area contributed by atoms with Crippen LogP contribution in [-0.2, 0) is 9.47 Å². The zero-order chi connectivity index (χ0) is 12.3. The monoisotopic (exact) mass is 243 g/mol. The first-order chi connectivity index (χ1) is 8.36. The van der Waals surface area contributed by atoms with Crippen molar-refractivity contribution in [2.45, 2.75) is 19.8 Å². The molecular formula is C12H25N3O2. The highest BCUT2D eigenvalue weighted by atomic mass is 16.5. The summed E-state index contributed by atoms with van der Waals surface area (Å²) in [7, 11) is 1.78. The second-order valence-electron chi connectivity index (χ2n) is 4.19. The predicted octanol–water partition coefficient (Wildman–Crippen LogP) is 0.615. The second kappa shape index (κ2) is 9.24. The van der Waals surface area contributed by atoms with E-state index < -0.39 is 0 Å². The molecule has 0 radical (unpaired) electrons. The SMILES string of the molecule is CCNC(=NC)NCCCOCC1CCOC1. The number of hydrogen-bond acceptors (Lipinski definition) is 3. The summed E-state index contributed by atoms with van der Waals surface area (Å²) < 4.78 is 10.9. The first-order valence-corrected chi connectivity index (χ1v) is 6.46. The average Bonchev–Trinajstić information content (AvgIpc) is 2.85. The molecule has 100 valence electrons. The van der Waals surface area contributed by atoms with Gasteiger partial charge >= 0.3 is 0 Å². The highest BCUT2D eigenvalue weighted by molar-refractivity contribution is 5.79. The lowest BCUT2D eigenvalue weighted by Gasteiger charge is -2.11. The van der Waals surface area contributed by atoms with Crippen LogP contribution in [0.5, 0.6) is 0 Å². The van der Waals surface area contributed by atoms with Gasteiger partial charge in [-0.1, -0.05) is 0 Å². The van der Waals surface area contributed by atoms with Gasteiger partial charge in [0.1, 0.15) is 0 Å². The lowest BCUT2D eigenvalue weighted by Crippen LogP contribution is -2.37. The highest BCUT2D eigenvalue weighted by Gasteiger charge is 2.14. The van der Waals surface area contributed by atoms with E-state index in [9.17, 15) is 0 Å². The van der Waals surface area contributed by atoms with Crippen LogP contribution in [0.4, 0.5) is 0 Å². The van der Waals surface area contributed by atoms with Gasteiger partial charge in [-0.25, -0.2) is 0 Å². The third kappa shape index (κ3) is 6.48. The quantitative estimate of drug-likeness (QED) is 0.391. The van der Waals surface area contributed by atoms with Gasteiger partial charge < -0.3 is 20.1 Å². The number of aliphatic imine (C=N–C) groups is 1. The fourth-order valence-corrected chi connectivity index (χ4v) is 1.73. The average molecular weight is 243 g/mol. The van der Waals surface area contributed by atoms with Crippen LogP contribution in [0.25, 0.3) is 0 Å². The smallest absolute Gasteiger partial charge is 0.190 e. The molecule has 1 atom stereocenters. The van der Waals surface area contributed by atoms with E-state index >= 15 is 0 Å². The van der Waals surface area contributed by atoms with Crippen LogP contribution in [0.2, 0.25) is 0 Å². The number of nitrogens with one attached hydrogen (secondary N) is 2. The summed E-state index contributed by atoms with van der Waals surface area (Å²) in [6.07, 6.45) is 2.14. The maximum Gasteiger partial charge on any atom is 0.190 e. The minimum absolute atomic E-state index is 0.609. The van der Waals surface area contributed by atoms with Crippen molar-refractivity contribution in [1.82, 2.24) is 10.6 Å². The number of nitrogens with zero attached hydrogens (tertiary/aromatic N) is 1. The number of hydrogen-bond donors (Lipinski definition) is 2. The number of rotatable bonds is 7. The van der Waals surface area contributed by atoms with E-state index in [1.807, 2.05) is 0 Å². The third-order valence-corrected chi connectivity index (χ3v) is 2.70. The first kappa shape index (κ1) is 14.3. The fourth-order valence-electron chi connectivity index (χ4n) is 1.73. The maximum absolute atomic E-state index is 5.61. The van der Waals surface area contributed by atoms with Crippen LogP contribution < -0.4 is 10.6 Å². The van der Waals surface area contributed by atoms with Crippen molar-refractivity contribution >= 4 is 5.96 Å². The lowest BCUT2D eigenvalue weighted by atomic mass is 10.1. The zero-order valence-electron chi connectivity index (χ0n) is 11.0. The van der Waals surface area contributed by atoms with Gasteiger partial charge in [-0.2, -0.15) is 0 Å². The van der Waals surface area contributed by atoms with Gasteiger partial charge in [-0.05, 0) is 19.8 Å². The molecule has 0 aliphatic carbocycles. The van der Waals surface area contributed by atoms with Gasteiger partial charge in [-0.15, -0.1) is 0 Å². The predicted molar refractivity (Wildman–Crippen MR) is 69.4 cm³/mol. The molecule has 1 rings (SSSR count). The topological polar surface area (TPSA) is 54.9 Å². The Balaban J connectivity index is 1.89. The minimum atomic E-state index is 0.609. The second-order valence-corrected chi connectivity index (χ2v) is 4.19. The minimum Gasteiger partial charge on any atom is -0.381 e. The molecule has 1 heterocycles. The first-order valence-electron chi connectivity index (χ1n) is 6.46. The maximum atomic E-state index is 5.61. The van der Waals surface area contributed by atoms with Gasteiger partial charge in [0.2, 0.25) is 0 Å². The summed E-state index contributed by atoms with van der Waals surface area (Å²) in [5, 5.41) is 6.38. The molecule has 0 bridgehead atoms. The van der Waals surface area contributed by atoms with Crippen LogP contribution >= 0.6 is 0 Å². The van der Waals surface area contributed by atoms with Crippen LogP contribution in [0.3, 0.4) is 0 Å². The summed E-state index contributed by atoms with van der Waals surface area (Å²) >= 11 is 0. The Morgan fingerprint density at radius 3 is 3.00 bits per heavy atom. The standard InChI is InChI=1S/C12H25N3O2/c1-3-14-12(13-2)15-6-4-7-16-9-11-5-8-17-10-11/h11H,3-10H2,1-2H3,(H2,13,14,15). The molecule has 1 aliphatic heterocycles. The molecule has 1 saturated heterocycles. The molecule has 0 aromatic carbocycles. The van der Waals surface area contributed by atoms with Gasteiger partial charge in [0.25, 0.3) is 0 Å². The molecule has 0 saturated carbocycles. The van der Waals surface area contributed by atoms with E-state index in [0.29, 0.717) is 5.92 Å². The van der Waals surface area contributed by atoms with Gasteiger partial charge in [0, 0.05) is 39.3 Å². The third-order valence-electron chi connectivity index (χ3n) is 2.70. The van der Waals surface area contributed by atoms with Crippen molar-refractivity contribution < 1.29 is 9.47 Å². The molecule has 2 N–H and O–H groups in total. The Morgan fingerprint density at radius 2 is 2.35 bits per heavy atom. The van der Waals surface area contributed by atoms with Crippen LogP contribution in [0.1, 0.15) is 19.8 Å². The Labute approximate surface area is 104 Å². The fraction of sp³-hybridized carbons (Fsp3) is 0.917. The van der Waals surface area contributed by atoms with E-state index in [1.165, 1.54) is 0 Å². The van der Waals surface area contributed by atoms with E-state index in [0.717, 1.165) is 58.3 Å². The van der Waals surface area contributed by atoms with E-state index in [2.05, 4.69) is 22.5 Å². The lowest BCUT2D eigenvalue weighted by molar-refractivity contribution is 0.0888. The Morgan fingerprint density at radius 1 is 1.47 bits per heavy atom. The van der Waals surface area contributed by atoms with Crippen LogP contribution in [0, 0.1) is 5.92 Å². The Hall–Kier alpha value is -0.810. The van der Waals surface area contributed by atoms with E-state index in [-0.39, 0.29) is 0 Å². The highest BCUT2D eigenvalue weighted by Crippen LogP contribution is 2.12. The van der Waals surface area contributed by atoms with Crippen molar-refractivity contribution in [1.29, 1.82) is 0 Å². The summed E-state index contributed by atoms with van der Waals surface area (Å²) in [6.45, 7) is 7.23. The van der Waals surface area contributed by atoms with Crippen LogP contribution in [-0.4, -0.2) is 52.5 Å². The Kier molecular flexibility index (Phi) is 7.75. The molecule has 0 aromatic rings. The van der Waals surface area contributed by atoms with Gasteiger partial charge in [0.05, 0.1) is 13.2 Å². The molecule has 5 heteroatoms. The molecule has 0 spiro atoms. The van der Waals surface area contributed by atoms with Gasteiger partial charge in [0.15, 0.2) is 5.96 Å². The van der Waals surface area contributed by atoms with Crippen molar-refractivity contribution in [3.8, 4) is 0 Å². The largest absolute Gasteiger partial charge is 0.381 e. The molecule has 5 nitrogen and oxygen atoms in total. The van der Waals surface area contributed by atoms with Gasteiger partial charge in [-0.3, -0.25) is 4.99 Å². The van der Waals surface area contributed by atoms with Crippen molar-refractivity contribution in [2.75, 3.05) is 46.6 Å².